The van der Waals surface area contributed by atoms with Gasteiger partial charge in [-0.05, 0) is 51.5 Å². The first-order chi connectivity index (χ1) is 11.3. The minimum Gasteiger partial charge on any atom is -0.353 e. The van der Waals surface area contributed by atoms with E-state index in [-0.39, 0.29) is 0 Å². The van der Waals surface area contributed by atoms with E-state index in [9.17, 15) is 0 Å². The van der Waals surface area contributed by atoms with E-state index in [4.69, 9.17) is 0 Å². The summed E-state index contributed by atoms with van der Waals surface area (Å²) in [4.78, 5) is 7.48. The second kappa shape index (κ2) is 6.41. The summed E-state index contributed by atoms with van der Waals surface area (Å²) in [5.74, 6) is 1.02. The number of fused-ring (bicyclic) bond motifs is 1. The molecule has 2 saturated heterocycles. The summed E-state index contributed by atoms with van der Waals surface area (Å²) in [6.07, 6.45) is 5.71. The van der Waals surface area contributed by atoms with Gasteiger partial charge in [-0.1, -0.05) is 0 Å². The molecule has 0 spiro atoms. The Bertz CT molecular complexity index is 647. The number of likely N-dealkylation sites (tertiary alicyclic amines) is 1. The number of nitrogens with zero attached hydrogens (tertiary/aromatic N) is 7. The molecule has 0 bridgehead atoms. The normalized spacial score (nSPS) is 23.9. The van der Waals surface area contributed by atoms with Gasteiger partial charge in [-0.25, -0.2) is 0 Å². The molecule has 4 heterocycles. The van der Waals surface area contributed by atoms with Crippen molar-refractivity contribution in [2.75, 3.05) is 51.2 Å². The van der Waals surface area contributed by atoms with Crippen LogP contribution >= 0.6 is 0 Å². The fraction of sp³-hybridized carbons (Fsp3) is 0.688. The van der Waals surface area contributed by atoms with Gasteiger partial charge in [0.1, 0.15) is 12.1 Å². The fourth-order valence-electron chi connectivity index (χ4n) is 3.76. The molecule has 0 N–H and O–H groups in total. The molecular formula is C16H25N7. The van der Waals surface area contributed by atoms with Gasteiger partial charge in [0, 0.05) is 32.2 Å². The zero-order chi connectivity index (χ0) is 15.6. The molecule has 7 heteroatoms. The number of aromatic nitrogens is 4. The molecular weight excluding hydrogens is 290 g/mol. The number of anilines is 1. The van der Waals surface area contributed by atoms with Crippen LogP contribution in [0.15, 0.2) is 18.5 Å². The van der Waals surface area contributed by atoms with Gasteiger partial charge in [0.15, 0.2) is 5.65 Å². The average molecular weight is 315 g/mol. The van der Waals surface area contributed by atoms with E-state index in [0.29, 0.717) is 0 Å². The molecule has 0 aromatic carbocycles. The molecule has 2 aliphatic heterocycles. The van der Waals surface area contributed by atoms with Gasteiger partial charge in [0.25, 0.3) is 0 Å². The maximum atomic E-state index is 4.60. The molecule has 7 nitrogen and oxygen atoms in total. The third-order valence-electron chi connectivity index (χ3n) is 5.29. The van der Waals surface area contributed by atoms with Crippen LogP contribution in [0.1, 0.15) is 19.3 Å². The number of hydrogen-bond donors (Lipinski definition) is 0. The lowest BCUT2D eigenvalue weighted by molar-refractivity contribution is 0.214. The molecule has 124 valence electrons. The maximum Gasteiger partial charge on any atom is 0.177 e. The zero-order valence-electron chi connectivity index (χ0n) is 13.8. The van der Waals surface area contributed by atoms with Crippen molar-refractivity contribution in [2.24, 2.45) is 0 Å². The highest BCUT2D eigenvalue weighted by molar-refractivity contribution is 5.45. The highest BCUT2D eigenvalue weighted by Crippen LogP contribution is 2.19. The SMILES string of the molecule is CN1CCCC1CCN1CCN(c2ccc3nncn3n2)CC1. The highest BCUT2D eigenvalue weighted by atomic mass is 15.4. The Hall–Kier alpha value is -1.73. The minimum absolute atomic E-state index is 0.797. The summed E-state index contributed by atoms with van der Waals surface area (Å²) in [5, 5.41) is 12.5. The Morgan fingerprint density at radius 1 is 1.13 bits per heavy atom. The van der Waals surface area contributed by atoms with Crippen molar-refractivity contribution in [1.82, 2.24) is 29.6 Å². The molecule has 2 aromatic rings. The van der Waals surface area contributed by atoms with Crippen LogP contribution in [0.4, 0.5) is 5.82 Å². The zero-order valence-corrected chi connectivity index (χ0v) is 13.8. The quantitative estimate of drug-likeness (QED) is 0.829. The first-order valence-electron chi connectivity index (χ1n) is 8.64. The molecule has 2 aromatic heterocycles. The predicted molar refractivity (Wildman–Crippen MR) is 89.7 cm³/mol. The Morgan fingerprint density at radius 3 is 2.78 bits per heavy atom. The van der Waals surface area contributed by atoms with E-state index in [0.717, 1.165) is 43.7 Å². The van der Waals surface area contributed by atoms with Crippen LogP contribution in [0.25, 0.3) is 5.65 Å². The van der Waals surface area contributed by atoms with Crippen molar-refractivity contribution < 1.29 is 0 Å². The summed E-state index contributed by atoms with van der Waals surface area (Å²) < 4.78 is 1.75. The molecule has 0 aliphatic carbocycles. The van der Waals surface area contributed by atoms with Gasteiger partial charge in [-0.15, -0.1) is 15.3 Å². The lowest BCUT2D eigenvalue weighted by Gasteiger charge is -2.36. The van der Waals surface area contributed by atoms with E-state index < -0.39 is 0 Å². The molecule has 0 saturated carbocycles. The Labute approximate surface area is 136 Å². The lowest BCUT2D eigenvalue weighted by atomic mass is 10.1. The summed E-state index contributed by atoms with van der Waals surface area (Å²) in [7, 11) is 2.27. The van der Waals surface area contributed by atoms with Gasteiger partial charge in [-0.3, -0.25) is 4.90 Å². The summed E-state index contributed by atoms with van der Waals surface area (Å²) >= 11 is 0. The van der Waals surface area contributed by atoms with E-state index in [2.05, 4.69) is 37.0 Å². The number of rotatable bonds is 4. The van der Waals surface area contributed by atoms with Crippen molar-refractivity contribution in [3.63, 3.8) is 0 Å². The van der Waals surface area contributed by atoms with E-state index >= 15 is 0 Å². The van der Waals surface area contributed by atoms with Crippen LogP contribution in [0.3, 0.4) is 0 Å². The topological polar surface area (TPSA) is 52.8 Å². The van der Waals surface area contributed by atoms with Gasteiger partial charge in [-0.2, -0.15) is 4.52 Å². The first kappa shape index (κ1) is 14.8. The third-order valence-corrected chi connectivity index (χ3v) is 5.29. The Morgan fingerprint density at radius 2 is 2.00 bits per heavy atom. The Kier molecular flexibility index (Phi) is 4.13. The molecule has 2 fully saturated rings. The van der Waals surface area contributed by atoms with Gasteiger partial charge in [0.2, 0.25) is 0 Å². The van der Waals surface area contributed by atoms with E-state index in [1.165, 1.54) is 32.4 Å². The fourth-order valence-corrected chi connectivity index (χ4v) is 3.76. The van der Waals surface area contributed by atoms with Crippen LogP contribution in [0.5, 0.6) is 0 Å². The third kappa shape index (κ3) is 3.16. The molecule has 1 atom stereocenters. The predicted octanol–water partition coefficient (Wildman–Crippen LogP) is 0.731. The van der Waals surface area contributed by atoms with Crippen LogP contribution in [0.2, 0.25) is 0 Å². The number of piperazine rings is 1. The van der Waals surface area contributed by atoms with Gasteiger partial charge in [0.05, 0.1) is 0 Å². The van der Waals surface area contributed by atoms with E-state index in [1.54, 1.807) is 10.8 Å². The van der Waals surface area contributed by atoms with Crippen molar-refractivity contribution in [2.45, 2.75) is 25.3 Å². The standard InChI is InChI=1S/C16H25N7/c1-20-7-2-3-14(20)6-8-21-9-11-22(12-10-21)16-5-4-15-18-17-13-23(15)19-16/h4-5,13-14H,2-3,6-12H2,1H3. The smallest absolute Gasteiger partial charge is 0.177 e. The van der Waals surface area contributed by atoms with Crippen LogP contribution in [-0.2, 0) is 0 Å². The van der Waals surface area contributed by atoms with E-state index in [1.807, 2.05) is 12.1 Å². The summed E-state index contributed by atoms with van der Waals surface area (Å²) in [5.41, 5.74) is 0.799. The molecule has 2 aliphatic rings. The van der Waals surface area contributed by atoms with Crippen molar-refractivity contribution >= 4 is 11.5 Å². The van der Waals surface area contributed by atoms with Crippen molar-refractivity contribution in [3.05, 3.63) is 18.5 Å². The molecule has 0 amide bonds. The largest absolute Gasteiger partial charge is 0.353 e. The first-order valence-corrected chi connectivity index (χ1v) is 8.64. The monoisotopic (exact) mass is 315 g/mol. The lowest BCUT2D eigenvalue weighted by Crippen LogP contribution is -2.47. The summed E-state index contributed by atoms with van der Waals surface area (Å²) in [6, 6.07) is 4.83. The molecule has 0 radical (unpaired) electrons. The van der Waals surface area contributed by atoms with Gasteiger partial charge >= 0.3 is 0 Å². The highest BCUT2D eigenvalue weighted by Gasteiger charge is 2.23. The molecule has 1 unspecified atom stereocenters. The van der Waals surface area contributed by atoms with Crippen LogP contribution in [-0.4, -0.2) is 82.0 Å². The second-order valence-electron chi connectivity index (χ2n) is 6.72. The van der Waals surface area contributed by atoms with Crippen molar-refractivity contribution in [1.29, 1.82) is 0 Å². The minimum atomic E-state index is 0.797. The summed E-state index contributed by atoms with van der Waals surface area (Å²) in [6.45, 7) is 6.83. The number of hydrogen-bond acceptors (Lipinski definition) is 6. The van der Waals surface area contributed by atoms with Gasteiger partial charge < -0.3 is 9.80 Å². The molecule has 4 rings (SSSR count). The van der Waals surface area contributed by atoms with Crippen LogP contribution < -0.4 is 4.90 Å². The van der Waals surface area contributed by atoms with Crippen molar-refractivity contribution in [3.8, 4) is 0 Å². The maximum absolute atomic E-state index is 4.60. The average Bonchev–Trinajstić information content (AvgIpc) is 3.21. The second-order valence-corrected chi connectivity index (χ2v) is 6.72. The van der Waals surface area contributed by atoms with Crippen LogP contribution in [0, 0.1) is 0 Å². The Balaban J connectivity index is 1.30. The molecule has 23 heavy (non-hydrogen) atoms.